The predicted molar refractivity (Wildman–Crippen MR) is 121 cm³/mol. The first-order valence-corrected chi connectivity index (χ1v) is 11.6. The average molecular weight is 457 g/mol. The van der Waals surface area contributed by atoms with Crippen LogP contribution in [0.5, 0.6) is 0 Å². The third-order valence-corrected chi connectivity index (χ3v) is 6.92. The summed E-state index contributed by atoms with van der Waals surface area (Å²) >= 11 is 0. The minimum absolute atomic E-state index is 0.0773. The lowest BCUT2D eigenvalue weighted by Crippen LogP contribution is -2.56. The summed E-state index contributed by atoms with van der Waals surface area (Å²) in [5.41, 5.74) is 7.75. The molecule has 1 heterocycles. The number of amides is 4. The zero-order chi connectivity index (χ0) is 23.5. The van der Waals surface area contributed by atoms with Gasteiger partial charge in [0.15, 0.2) is 0 Å². The molecule has 33 heavy (non-hydrogen) atoms. The van der Waals surface area contributed by atoms with Gasteiger partial charge in [0.25, 0.3) is 5.91 Å². The van der Waals surface area contributed by atoms with Crippen molar-refractivity contribution >= 4 is 17.8 Å². The van der Waals surface area contributed by atoms with Crippen LogP contribution in [-0.2, 0) is 22.6 Å². The molecule has 0 bridgehead atoms. The summed E-state index contributed by atoms with van der Waals surface area (Å²) < 4.78 is 0. The maximum atomic E-state index is 13.4. The highest BCUT2D eigenvalue weighted by Crippen LogP contribution is 2.28. The van der Waals surface area contributed by atoms with Gasteiger partial charge >= 0.3 is 6.03 Å². The molecule has 3 aliphatic rings. The molecule has 1 fully saturated rings. The first-order valence-electron chi connectivity index (χ1n) is 11.6. The van der Waals surface area contributed by atoms with Crippen molar-refractivity contribution in [1.82, 2.24) is 15.5 Å². The molecule has 4 atom stereocenters. The standard InChI is InChI=1S/C24H32N4O5/c25-22(31)19-11-14-6-4-5-7-15(14)13-28(19)23(32)16-10-18(21(30)20(29)12-16)27-24(33)26-17-8-2-1-3-9-17/h4-7,10,17-21,29-30H,1-3,8-9,11-13H2,(H2,25,31)(H2,26,27,33)/t18-,19+,20-,21-/m1/s1. The van der Waals surface area contributed by atoms with Gasteiger partial charge in [-0.25, -0.2) is 4.79 Å². The summed E-state index contributed by atoms with van der Waals surface area (Å²) in [7, 11) is 0. The molecule has 1 saturated carbocycles. The Balaban J connectivity index is 1.50. The number of urea groups is 1. The lowest BCUT2D eigenvalue weighted by molar-refractivity contribution is -0.138. The Morgan fingerprint density at radius 2 is 1.67 bits per heavy atom. The van der Waals surface area contributed by atoms with Crippen LogP contribution in [0.15, 0.2) is 35.9 Å². The Hall–Kier alpha value is -2.91. The maximum Gasteiger partial charge on any atom is 0.315 e. The lowest BCUT2D eigenvalue weighted by Gasteiger charge is -2.38. The monoisotopic (exact) mass is 456 g/mol. The van der Waals surface area contributed by atoms with Gasteiger partial charge in [0, 0.05) is 31.0 Å². The number of benzene rings is 1. The largest absolute Gasteiger partial charge is 0.390 e. The van der Waals surface area contributed by atoms with E-state index >= 15 is 0 Å². The number of nitrogens with zero attached hydrogens (tertiary/aromatic N) is 1. The summed E-state index contributed by atoms with van der Waals surface area (Å²) in [4.78, 5) is 39.4. The van der Waals surface area contributed by atoms with Crippen LogP contribution in [0.1, 0.15) is 49.7 Å². The van der Waals surface area contributed by atoms with Gasteiger partial charge in [0.2, 0.25) is 5.91 Å². The van der Waals surface area contributed by atoms with E-state index in [1.807, 2.05) is 24.3 Å². The van der Waals surface area contributed by atoms with Gasteiger partial charge in [-0.15, -0.1) is 0 Å². The first-order chi connectivity index (χ1) is 15.8. The van der Waals surface area contributed by atoms with E-state index in [4.69, 9.17) is 5.73 Å². The molecule has 9 nitrogen and oxygen atoms in total. The van der Waals surface area contributed by atoms with Crippen LogP contribution < -0.4 is 16.4 Å². The third kappa shape index (κ3) is 5.20. The molecular weight excluding hydrogens is 424 g/mol. The zero-order valence-electron chi connectivity index (χ0n) is 18.6. The van der Waals surface area contributed by atoms with Crippen LogP contribution in [-0.4, -0.2) is 63.3 Å². The van der Waals surface area contributed by atoms with Crippen molar-refractivity contribution in [3.63, 3.8) is 0 Å². The van der Waals surface area contributed by atoms with Gasteiger partial charge in [-0.3, -0.25) is 9.59 Å². The Morgan fingerprint density at radius 3 is 2.36 bits per heavy atom. The van der Waals surface area contributed by atoms with Crippen LogP contribution >= 0.6 is 0 Å². The fraction of sp³-hybridized carbons (Fsp3) is 0.542. The minimum atomic E-state index is -1.24. The Bertz CT molecular complexity index is 943. The fourth-order valence-corrected chi connectivity index (χ4v) is 5.05. The molecule has 2 aliphatic carbocycles. The molecule has 0 saturated heterocycles. The zero-order valence-corrected chi connectivity index (χ0v) is 18.6. The number of carbonyl (C=O) groups is 3. The van der Waals surface area contributed by atoms with Crippen molar-refractivity contribution in [2.45, 2.75) is 81.8 Å². The van der Waals surface area contributed by atoms with Crippen LogP contribution in [0.2, 0.25) is 0 Å². The number of aliphatic hydroxyl groups excluding tert-OH is 2. The van der Waals surface area contributed by atoms with E-state index < -0.39 is 42.1 Å². The van der Waals surface area contributed by atoms with E-state index in [9.17, 15) is 24.6 Å². The average Bonchev–Trinajstić information content (AvgIpc) is 2.81. The van der Waals surface area contributed by atoms with Crippen molar-refractivity contribution in [3.05, 3.63) is 47.0 Å². The molecular formula is C24H32N4O5. The van der Waals surface area contributed by atoms with E-state index in [-0.39, 0.29) is 24.6 Å². The van der Waals surface area contributed by atoms with Crippen LogP contribution in [0.3, 0.4) is 0 Å². The quantitative estimate of drug-likeness (QED) is 0.447. The molecule has 4 amide bonds. The van der Waals surface area contributed by atoms with Gasteiger partial charge < -0.3 is 31.5 Å². The number of carbonyl (C=O) groups excluding carboxylic acids is 3. The predicted octanol–water partition coefficient (Wildman–Crippen LogP) is 0.478. The van der Waals surface area contributed by atoms with Gasteiger partial charge in [-0.2, -0.15) is 0 Å². The van der Waals surface area contributed by atoms with E-state index in [2.05, 4.69) is 10.6 Å². The SMILES string of the molecule is NC(=O)[C@@H]1Cc2ccccc2CN1C(=O)C1=C[C@@H](NC(=O)NC2CCCCC2)[C@@H](O)[C@H](O)C1. The summed E-state index contributed by atoms with van der Waals surface area (Å²) in [6.45, 7) is 0.221. The van der Waals surface area contributed by atoms with Gasteiger partial charge in [0.1, 0.15) is 12.1 Å². The summed E-state index contributed by atoms with van der Waals surface area (Å²) in [5.74, 6) is -1.03. The molecule has 1 aliphatic heterocycles. The number of hydrogen-bond donors (Lipinski definition) is 5. The molecule has 1 aromatic rings. The number of hydrogen-bond acceptors (Lipinski definition) is 5. The molecule has 0 spiro atoms. The maximum absolute atomic E-state index is 13.4. The molecule has 178 valence electrons. The summed E-state index contributed by atoms with van der Waals surface area (Å²) in [5, 5.41) is 26.4. The molecule has 0 aromatic heterocycles. The topological polar surface area (TPSA) is 145 Å². The van der Waals surface area contributed by atoms with E-state index in [1.54, 1.807) is 0 Å². The van der Waals surface area contributed by atoms with Crippen LogP contribution in [0.4, 0.5) is 4.79 Å². The molecule has 0 radical (unpaired) electrons. The van der Waals surface area contributed by atoms with Crippen molar-refractivity contribution in [2.24, 2.45) is 5.73 Å². The van der Waals surface area contributed by atoms with Crippen LogP contribution in [0, 0.1) is 0 Å². The second-order valence-corrected chi connectivity index (χ2v) is 9.26. The number of aliphatic hydroxyl groups is 2. The number of primary amides is 1. The van der Waals surface area contributed by atoms with Gasteiger partial charge in [0.05, 0.1) is 12.1 Å². The van der Waals surface area contributed by atoms with E-state index in [0.29, 0.717) is 6.42 Å². The Morgan fingerprint density at radius 1 is 0.970 bits per heavy atom. The number of fused-ring (bicyclic) bond motifs is 1. The van der Waals surface area contributed by atoms with Crippen molar-refractivity contribution in [3.8, 4) is 0 Å². The van der Waals surface area contributed by atoms with E-state index in [1.165, 1.54) is 11.0 Å². The summed E-state index contributed by atoms with van der Waals surface area (Å²) in [6.07, 6.45) is 4.37. The van der Waals surface area contributed by atoms with Crippen molar-refractivity contribution < 1.29 is 24.6 Å². The van der Waals surface area contributed by atoms with Crippen molar-refractivity contribution in [2.75, 3.05) is 0 Å². The molecule has 0 unspecified atom stereocenters. The Kier molecular flexibility index (Phi) is 6.99. The minimum Gasteiger partial charge on any atom is -0.390 e. The molecule has 6 N–H and O–H groups in total. The fourth-order valence-electron chi connectivity index (χ4n) is 5.05. The highest BCUT2D eigenvalue weighted by molar-refractivity contribution is 5.97. The van der Waals surface area contributed by atoms with Crippen LogP contribution in [0.25, 0.3) is 0 Å². The number of nitrogens with one attached hydrogen (secondary N) is 2. The van der Waals surface area contributed by atoms with Gasteiger partial charge in [-0.05, 0) is 24.0 Å². The van der Waals surface area contributed by atoms with Gasteiger partial charge in [-0.1, -0.05) is 49.6 Å². The third-order valence-electron chi connectivity index (χ3n) is 6.92. The molecule has 4 rings (SSSR count). The number of rotatable bonds is 4. The second kappa shape index (κ2) is 9.93. The Labute approximate surface area is 193 Å². The molecule has 1 aromatic carbocycles. The smallest absolute Gasteiger partial charge is 0.315 e. The lowest BCUT2D eigenvalue weighted by atomic mass is 9.88. The molecule has 9 heteroatoms. The van der Waals surface area contributed by atoms with Crippen molar-refractivity contribution in [1.29, 1.82) is 0 Å². The normalized spacial score (nSPS) is 27.8. The van der Waals surface area contributed by atoms with E-state index in [0.717, 1.165) is 43.2 Å². The summed E-state index contributed by atoms with van der Waals surface area (Å²) in [6, 6.07) is 5.47. The highest BCUT2D eigenvalue weighted by Gasteiger charge is 2.39. The highest BCUT2D eigenvalue weighted by atomic mass is 16.3. The second-order valence-electron chi connectivity index (χ2n) is 9.26. The first kappa shape index (κ1) is 23.3. The number of nitrogens with two attached hydrogens (primary N) is 1.